The molecule has 7 rings (SSSR count). The molecule has 1 amide bonds. The third-order valence-electron chi connectivity index (χ3n) is 11.6. The summed E-state index contributed by atoms with van der Waals surface area (Å²) in [5.41, 5.74) is 3.82. The second-order valence-corrected chi connectivity index (χ2v) is 15.0. The number of hydrogen-bond donors (Lipinski definition) is 0. The molecule has 4 aliphatic rings. The molecule has 0 unspecified atom stereocenters. The number of allylic oxidation sites excluding steroid dienone is 1. The molecule has 5 nitrogen and oxygen atoms in total. The summed E-state index contributed by atoms with van der Waals surface area (Å²) in [7, 11) is 0. The Morgan fingerprint density at radius 1 is 1.14 bits per heavy atom. The highest BCUT2D eigenvalue weighted by atomic mass is 32.1. The van der Waals surface area contributed by atoms with E-state index in [-0.39, 0.29) is 23.2 Å². The first-order chi connectivity index (χ1) is 21.5. The van der Waals surface area contributed by atoms with E-state index in [1.54, 1.807) is 11.3 Å². The molecule has 0 radical (unpaired) electrons. The van der Waals surface area contributed by atoms with Gasteiger partial charge in [-0.1, -0.05) is 31.2 Å². The summed E-state index contributed by atoms with van der Waals surface area (Å²) in [4.78, 5) is 33.7. The molecule has 44 heavy (non-hydrogen) atoms. The average Bonchev–Trinajstić information content (AvgIpc) is 3.62. The number of carbonyl (C=O) groups is 2. The number of para-hydroxylation sites is 1. The summed E-state index contributed by atoms with van der Waals surface area (Å²) in [6.45, 7) is 8.72. The van der Waals surface area contributed by atoms with Crippen molar-refractivity contribution in [1.29, 1.82) is 0 Å². The zero-order valence-electron chi connectivity index (χ0n) is 26.1. The van der Waals surface area contributed by atoms with Crippen LogP contribution in [0.15, 0.2) is 55.1 Å². The maximum atomic E-state index is 14.0. The number of hydrogen-bond acceptors (Lipinski definition) is 5. The monoisotopic (exact) mass is 610 g/mol. The number of aromatic nitrogens is 1. The molecule has 1 aromatic heterocycles. The molecular weight excluding hydrogens is 564 g/mol. The van der Waals surface area contributed by atoms with Gasteiger partial charge in [0.25, 0.3) is 0 Å². The van der Waals surface area contributed by atoms with Crippen molar-refractivity contribution in [2.24, 2.45) is 23.2 Å². The predicted molar refractivity (Wildman–Crippen MR) is 177 cm³/mol. The van der Waals surface area contributed by atoms with Gasteiger partial charge >= 0.3 is 0 Å². The summed E-state index contributed by atoms with van der Waals surface area (Å²) in [6.07, 6.45) is 13.3. The van der Waals surface area contributed by atoms with E-state index < -0.39 is 0 Å². The van der Waals surface area contributed by atoms with Crippen LogP contribution < -0.4 is 4.74 Å². The molecule has 2 aromatic carbocycles. The van der Waals surface area contributed by atoms with Gasteiger partial charge in [0.2, 0.25) is 5.91 Å². The number of likely N-dealkylation sites (tertiary alicyclic amines) is 1. The lowest BCUT2D eigenvalue weighted by Crippen LogP contribution is -2.42. The Hall–Kier alpha value is -2.99. The normalized spacial score (nSPS) is 27.7. The van der Waals surface area contributed by atoms with Crippen molar-refractivity contribution in [1.82, 2.24) is 9.88 Å². The van der Waals surface area contributed by atoms with Crippen molar-refractivity contribution in [2.75, 3.05) is 19.7 Å². The lowest BCUT2D eigenvalue weighted by Gasteiger charge is -2.48. The fourth-order valence-electron chi connectivity index (χ4n) is 9.16. The molecule has 6 heteroatoms. The van der Waals surface area contributed by atoms with Crippen LogP contribution in [0, 0.1) is 23.2 Å². The molecule has 2 saturated carbocycles. The van der Waals surface area contributed by atoms with Crippen LogP contribution in [0.4, 0.5) is 0 Å². The fraction of sp³-hybridized carbons (Fsp3) is 0.553. The molecule has 3 aliphatic carbocycles. The van der Waals surface area contributed by atoms with Crippen LogP contribution >= 0.6 is 11.3 Å². The van der Waals surface area contributed by atoms with Gasteiger partial charge in [-0.15, -0.1) is 17.9 Å². The van der Waals surface area contributed by atoms with Crippen LogP contribution in [0.5, 0.6) is 5.75 Å². The molecule has 0 bridgehead atoms. The van der Waals surface area contributed by atoms with E-state index in [9.17, 15) is 9.59 Å². The van der Waals surface area contributed by atoms with Crippen LogP contribution in [0.25, 0.3) is 10.2 Å². The van der Waals surface area contributed by atoms with Crippen molar-refractivity contribution in [2.45, 2.75) is 89.4 Å². The van der Waals surface area contributed by atoms with Gasteiger partial charge in [0.15, 0.2) is 0 Å². The number of aryl methyl sites for hydroxylation is 1. The van der Waals surface area contributed by atoms with Gasteiger partial charge in [-0.3, -0.25) is 9.59 Å². The summed E-state index contributed by atoms with van der Waals surface area (Å²) < 4.78 is 7.45. The Bertz CT molecular complexity index is 1510. The number of carbonyl (C=O) groups excluding carboxylic acids is 2. The Labute approximate surface area is 266 Å². The zero-order chi connectivity index (χ0) is 30.3. The number of ketones is 1. The average molecular weight is 611 g/mol. The fourth-order valence-corrected chi connectivity index (χ4v) is 10.3. The van der Waals surface area contributed by atoms with Crippen molar-refractivity contribution in [3.63, 3.8) is 0 Å². The van der Waals surface area contributed by atoms with Gasteiger partial charge in [-0.25, -0.2) is 4.98 Å². The Morgan fingerprint density at radius 3 is 2.80 bits per heavy atom. The van der Waals surface area contributed by atoms with Gasteiger partial charge in [-0.2, -0.15) is 0 Å². The van der Waals surface area contributed by atoms with Crippen molar-refractivity contribution in [3.8, 4) is 5.75 Å². The first-order valence-corrected chi connectivity index (χ1v) is 17.8. The molecule has 2 heterocycles. The first-order valence-electron chi connectivity index (χ1n) is 17.0. The van der Waals surface area contributed by atoms with Crippen LogP contribution in [0.1, 0.15) is 99.1 Å². The highest BCUT2D eigenvalue weighted by Crippen LogP contribution is 2.59. The molecule has 232 valence electrons. The Balaban J connectivity index is 1.01. The Morgan fingerprint density at radius 2 is 1.98 bits per heavy atom. The molecule has 3 aromatic rings. The quantitative estimate of drug-likeness (QED) is 0.180. The predicted octanol–water partition coefficient (Wildman–Crippen LogP) is 8.48. The van der Waals surface area contributed by atoms with Crippen LogP contribution in [-0.4, -0.2) is 41.3 Å². The minimum absolute atomic E-state index is 0.00788. The van der Waals surface area contributed by atoms with Gasteiger partial charge in [0.05, 0.1) is 22.7 Å². The van der Waals surface area contributed by atoms with Gasteiger partial charge in [0.1, 0.15) is 16.5 Å². The van der Waals surface area contributed by atoms with E-state index in [2.05, 4.69) is 42.7 Å². The lowest BCUT2D eigenvalue weighted by molar-refractivity contribution is -0.134. The number of thiazole rings is 1. The Kier molecular flexibility index (Phi) is 8.39. The second-order valence-electron chi connectivity index (χ2n) is 14.0. The van der Waals surface area contributed by atoms with Crippen molar-refractivity contribution >= 4 is 33.2 Å². The van der Waals surface area contributed by atoms with Gasteiger partial charge in [0, 0.05) is 24.9 Å². The van der Waals surface area contributed by atoms with Crippen LogP contribution in [0.2, 0.25) is 0 Å². The van der Waals surface area contributed by atoms with E-state index in [1.165, 1.54) is 24.0 Å². The van der Waals surface area contributed by atoms with Crippen molar-refractivity contribution in [3.05, 3.63) is 71.3 Å². The maximum absolute atomic E-state index is 14.0. The number of nitrogens with zero attached hydrogens (tertiary/aromatic N) is 2. The summed E-state index contributed by atoms with van der Waals surface area (Å²) in [6, 6.07) is 14.9. The third-order valence-corrected chi connectivity index (χ3v) is 12.7. The molecule has 1 saturated heterocycles. The van der Waals surface area contributed by atoms with Gasteiger partial charge < -0.3 is 9.64 Å². The van der Waals surface area contributed by atoms with Crippen LogP contribution in [-0.2, 0) is 16.0 Å². The summed E-state index contributed by atoms with van der Waals surface area (Å²) >= 11 is 1.65. The number of amides is 1. The van der Waals surface area contributed by atoms with Gasteiger partial charge in [-0.05, 0) is 123 Å². The number of rotatable bonds is 9. The molecule has 1 aliphatic heterocycles. The molecule has 3 fully saturated rings. The molecule has 6 atom stereocenters. The highest BCUT2D eigenvalue weighted by molar-refractivity contribution is 7.18. The molecule has 0 spiro atoms. The molecule has 0 N–H and O–H groups in total. The first kappa shape index (κ1) is 29.7. The third kappa shape index (κ3) is 5.42. The number of benzene rings is 2. The number of piperidine rings is 1. The minimum Gasteiger partial charge on any atom is -0.494 e. The number of ether oxygens (including phenoxy) is 1. The largest absolute Gasteiger partial charge is 0.494 e. The second kappa shape index (κ2) is 12.4. The van der Waals surface area contributed by atoms with E-state index in [1.807, 2.05) is 24.3 Å². The zero-order valence-corrected chi connectivity index (χ0v) is 27.0. The molecular formula is C38H46N2O3S. The smallest absolute Gasteiger partial charge is 0.233 e. The lowest BCUT2D eigenvalue weighted by atomic mass is 9.55. The van der Waals surface area contributed by atoms with Crippen LogP contribution in [0.3, 0.4) is 0 Å². The van der Waals surface area contributed by atoms with E-state index in [0.717, 1.165) is 91.9 Å². The minimum atomic E-state index is -0.299. The van der Waals surface area contributed by atoms with Crippen molar-refractivity contribution < 1.29 is 14.3 Å². The topological polar surface area (TPSA) is 59.5 Å². The SMILES string of the molecule is C=C[C@H](CCCOc1ccc2c(c1)CC[C@@H]1[C@@H]2CC[C@]2(C)C(=O)CC[C@@H]12)[C@H](C(=O)N1CCCCC1)c1nc2ccccc2s1. The maximum Gasteiger partial charge on any atom is 0.233 e. The number of Topliss-reactive ketones (excluding diaryl/α,β-unsaturated/α-hetero) is 1. The van der Waals surface area contributed by atoms with E-state index >= 15 is 0 Å². The summed E-state index contributed by atoms with van der Waals surface area (Å²) in [5.74, 6) is 3.16. The van der Waals surface area contributed by atoms with E-state index in [4.69, 9.17) is 9.72 Å². The number of fused-ring (bicyclic) bond motifs is 6. The summed E-state index contributed by atoms with van der Waals surface area (Å²) in [5, 5.41) is 0.908. The highest BCUT2D eigenvalue weighted by Gasteiger charge is 2.54. The van der Waals surface area contributed by atoms with E-state index in [0.29, 0.717) is 30.1 Å². The standard InChI is InChI=1S/C38H46N2O3S/c1-3-25(35(37(42)40-21-7-4-8-22-40)36-39-32-11-5-6-12-33(32)44-36)10-9-23-43-27-14-16-28-26(24-27)13-15-30-29(28)19-20-38(2)31(30)17-18-34(38)41/h3,5-6,11-12,14,16,24-25,29-31,35H,1,4,7-10,13,15,17-23H2,2H3/t25-,29-,30-,31+,35+,38+/m1/s1.